The highest BCUT2D eigenvalue weighted by Gasteiger charge is 2.22. The molecule has 0 aliphatic carbocycles. The van der Waals surface area contributed by atoms with Crippen molar-refractivity contribution in [2.45, 2.75) is 39.4 Å². The van der Waals surface area contributed by atoms with Crippen LogP contribution in [0.15, 0.2) is 79.5 Å². The largest absolute Gasteiger partial charge is 0.343 e. The molecule has 0 saturated heterocycles. The van der Waals surface area contributed by atoms with Crippen LogP contribution in [0, 0.1) is 6.92 Å². The average molecular weight is 466 g/mol. The number of hydrogen-bond acceptors (Lipinski definition) is 5. The van der Waals surface area contributed by atoms with Gasteiger partial charge in [-0.15, -0.1) is 0 Å². The zero-order valence-electron chi connectivity index (χ0n) is 20.0. The number of aromatic nitrogens is 6. The molecule has 8 nitrogen and oxygen atoms in total. The number of carbonyl (C=O) groups is 1. The fourth-order valence-electron chi connectivity index (χ4n) is 4.25. The SMILES string of the molecule is Cc1ccccc1-c1cc(C(=O)NC(Cn2cncn2)c2ccccc2)c2cnn(C(C)C)c2n1. The second-order valence-electron chi connectivity index (χ2n) is 8.84. The minimum atomic E-state index is -0.296. The quantitative estimate of drug-likeness (QED) is 0.375. The van der Waals surface area contributed by atoms with Gasteiger partial charge in [-0.2, -0.15) is 10.2 Å². The summed E-state index contributed by atoms with van der Waals surface area (Å²) >= 11 is 0. The third kappa shape index (κ3) is 4.55. The van der Waals surface area contributed by atoms with Crippen molar-refractivity contribution < 1.29 is 4.79 Å². The first kappa shape index (κ1) is 22.5. The molecule has 2 aromatic carbocycles. The Kier molecular flexibility index (Phi) is 6.10. The van der Waals surface area contributed by atoms with E-state index in [2.05, 4.69) is 34.3 Å². The molecule has 0 bridgehead atoms. The maximum atomic E-state index is 13.8. The molecule has 0 saturated carbocycles. The van der Waals surface area contributed by atoms with Gasteiger partial charge >= 0.3 is 0 Å². The molecular weight excluding hydrogens is 438 g/mol. The highest BCUT2D eigenvalue weighted by atomic mass is 16.1. The molecule has 0 radical (unpaired) electrons. The van der Waals surface area contributed by atoms with Crippen molar-refractivity contribution in [1.29, 1.82) is 0 Å². The molecular formula is C27H27N7O. The number of benzene rings is 2. The Morgan fingerprint density at radius 2 is 1.80 bits per heavy atom. The average Bonchev–Trinajstić information content (AvgIpc) is 3.54. The Morgan fingerprint density at radius 1 is 1.03 bits per heavy atom. The van der Waals surface area contributed by atoms with Gasteiger partial charge in [0.25, 0.3) is 5.91 Å². The molecule has 1 N–H and O–H groups in total. The van der Waals surface area contributed by atoms with Crippen molar-refractivity contribution >= 4 is 16.9 Å². The van der Waals surface area contributed by atoms with E-state index in [1.807, 2.05) is 72.3 Å². The lowest BCUT2D eigenvalue weighted by molar-refractivity contribution is 0.0933. The number of nitrogens with one attached hydrogen (secondary N) is 1. The molecule has 0 aliphatic rings. The van der Waals surface area contributed by atoms with Crippen molar-refractivity contribution in [3.8, 4) is 11.3 Å². The van der Waals surface area contributed by atoms with E-state index in [9.17, 15) is 4.79 Å². The Labute approximate surface area is 203 Å². The van der Waals surface area contributed by atoms with Gasteiger partial charge in [-0.25, -0.2) is 14.6 Å². The molecule has 3 heterocycles. The van der Waals surface area contributed by atoms with Crippen molar-refractivity contribution in [2.24, 2.45) is 0 Å². The van der Waals surface area contributed by atoms with Crippen molar-refractivity contribution in [1.82, 2.24) is 34.8 Å². The molecule has 0 spiro atoms. The van der Waals surface area contributed by atoms with E-state index in [0.29, 0.717) is 17.8 Å². The first-order valence-electron chi connectivity index (χ1n) is 11.6. The van der Waals surface area contributed by atoms with Crippen LogP contribution in [0.5, 0.6) is 0 Å². The van der Waals surface area contributed by atoms with Crippen LogP contribution in [0.2, 0.25) is 0 Å². The van der Waals surface area contributed by atoms with Gasteiger partial charge in [0.05, 0.1) is 35.4 Å². The van der Waals surface area contributed by atoms with Gasteiger partial charge in [0.1, 0.15) is 12.7 Å². The number of aryl methyl sites for hydroxylation is 1. The van der Waals surface area contributed by atoms with Crippen LogP contribution in [0.25, 0.3) is 22.3 Å². The van der Waals surface area contributed by atoms with E-state index in [-0.39, 0.29) is 18.0 Å². The molecule has 1 unspecified atom stereocenters. The second kappa shape index (κ2) is 9.50. The molecule has 3 aromatic heterocycles. The van der Waals surface area contributed by atoms with Crippen LogP contribution in [0.3, 0.4) is 0 Å². The molecule has 5 aromatic rings. The maximum Gasteiger partial charge on any atom is 0.252 e. The number of hydrogen-bond donors (Lipinski definition) is 1. The van der Waals surface area contributed by atoms with Crippen LogP contribution < -0.4 is 5.32 Å². The lowest BCUT2D eigenvalue weighted by atomic mass is 10.0. The predicted octanol–water partition coefficient (Wildman–Crippen LogP) is 4.75. The van der Waals surface area contributed by atoms with Gasteiger partial charge in [-0.3, -0.25) is 9.48 Å². The highest BCUT2D eigenvalue weighted by molar-refractivity contribution is 6.06. The number of rotatable bonds is 7. The third-order valence-corrected chi connectivity index (χ3v) is 6.06. The Hall–Kier alpha value is -4.33. The Balaban J connectivity index is 1.59. The zero-order valence-corrected chi connectivity index (χ0v) is 20.0. The van der Waals surface area contributed by atoms with Gasteiger partial charge < -0.3 is 5.32 Å². The van der Waals surface area contributed by atoms with E-state index in [4.69, 9.17) is 4.98 Å². The summed E-state index contributed by atoms with van der Waals surface area (Å²) in [7, 11) is 0. The molecule has 176 valence electrons. The summed E-state index contributed by atoms with van der Waals surface area (Å²) < 4.78 is 3.58. The minimum Gasteiger partial charge on any atom is -0.343 e. The van der Waals surface area contributed by atoms with E-state index < -0.39 is 0 Å². The van der Waals surface area contributed by atoms with Crippen LogP contribution in [0.1, 0.15) is 47.4 Å². The summed E-state index contributed by atoms with van der Waals surface area (Å²) in [6.45, 7) is 6.61. The number of carbonyl (C=O) groups excluding carboxylic acids is 1. The molecule has 8 heteroatoms. The lowest BCUT2D eigenvalue weighted by Gasteiger charge is -2.20. The van der Waals surface area contributed by atoms with E-state index >= 15 is 0 Å². The Bertz CT molecular complexity index is 1460. The van der Waals surface area contributed by atoms with Gasteiger partial charge in [0, 0.05) is 11.6 Å². The molecule has 1 atom stereocenters. The maximum absolute atomic E-state index is 13.8. The van der Waals surface area contributed by atoms with Crippen molar-refractivity contribution in [2.75, 3.05) is 0 Å². The lowest BCUT2D eigenvalue weighted by Crippen LogP contribution is -2.32. The number of amides is 1. The summed E-state index contributed by atoms with van der Waals surface area (Å²) in [5.74, 6) is -0.190. The van der Waals surface area contributed by atoms with Gasteiger partial charge in [-0.05, 0) is 38.0 Å². The van der Waals surface area contributed by atoms with E-state index in [0.717, 1.165) is 27.8 Å². The predicted molar refractivity (Wildman–Crippen MR) is 135 cm³/mol. The molecule has 5 rings (SSSR count). The fourth-order valence-corrected chi connectivity index (χ4v) is 4.25. The molecule has 35 heavy (non-hydrogen) atoms. The first-order valence-corrected chi connectivity index (χ1v) is 11.6. The van der Waals surface area contributed by atoms with Gasteiger partial charge in [-0.1, -0.05) is 54.6 Å². The highest BCUT2D eigenvalue weighted by Crippen LogP contribution is 2.28. The second-order valence-corrected chi connectivity index (χ2v) is 8.84. The topological polar surface area (TPSA) is 90.5 Å². The zero-order chi connectivity index (χ0) is 24.4. The molecule has 1 amide bonds. The Morgan fingerprint density at radius 3 is 2.51 bits per heavy atom. The van der Waals surface area contributed by atoms with Gasteiger partial charge in [0.15, 0.2) is 5.65 Å². The summed E-state index contributed by atoms with van der Waals surface area (Å²) in [6.07, 6.45) is 4.87. The number of pyridine rings is 1. The monoisotopic (exact) mass is 465 g/mol. The normalized spacial score (nSPS) is 12.2. The summed E-state index contributed by atoms with van der Waals surface area (Å²) in [6, 6.07) is 19.6. The minimum absolute atomic E-state index is 0.104. The number of fused-ring (bicyclic) bond motifs is 1. The number of nitrogens with zero attached hydrogens (tertiary/aromatic N) is 6. The van der Waals surface area contributed by atoms with Crippen LogP contribution in [-0.4, -0.2) is 35.4 Å². The van der Waals surface area contributed by atoms with Crippen molar-refractivity contribution in [3.05, 3.63) is 96.2 Å². The van der Waals surface area contributed by atoms with Crippen LogP contribution in [-0.2, 0) is 6.54 Å². The molecule has 0 aliphatic heterocycles. The fraction of sp³-hybridized carbons (Fsp3) is 0.222. The summed E-state index contributed by atoms with van der Waals surface area (Å²) in [5.41, 5.74) is 5.05. The summed E-state index contributed by atoms with van der Waals surface area (Å²) in [5, 5.41) is 12.7. The third-order valence-electron chi connectivity index (χ3n) is 6.06. The van der Waals surface area contributed by atoms with Gasteiger partial charge in [0.2, 0.25) is 0 Å². The van der Waals surface area contributed by atoms with Crippen molar-refractivity contribution in [3.63, 3.8) is 0 Å². The van der Waals surface area contributed by atoms with Crippen LogP contribution in [0.4, 0.5) is 0 Å². The van der Waals surface area contributed by atoms with E-state index in [1.165, 1.54) is 6.33 Å². The first-order chi connectivity index (χ1) is 17.0. The van der Waals surface area contributed by atoms with E-state index in [1.54, 1.807) is 17.2 Å². The smallest absolute Gasteiger partial charge is 0.252 e. The van der Waals surface area contributed by atoms with Crippen LogP contribution >= 0.6 is 0 Å². The summed E-state index contributed by atoms with van der Waals surface area (Å²) in [4.78, 5) is 22.8. The standard InChI is InChI=1S/C27H27N7O/c1-18(2)34-26-23(14-29-34)22(13-24(31-26)21-12-8-7-9-19(21)3)27(35)32-25(15-33-17-28-16-30-33)20-10-5-4-6-11-20/h4-14,16-18,25H,15H2,1-3H3,(H,32,35). The molecule has 0 fully saturated rings.